The van der Waals surface area contributed by atoms with Crippen LogP contribution in [0.1, 0.15) is 23.0 Å². The zero-order valence-electron chi connectivity index (χ0n) is 11.8. The lowest BCUT2D eigenvalue weighted by molar-refractivity contribution is 0.0689. The normalized spacial score (nSPS) is 10.2. The Morgan fingerprint density at radius 1 is 1.29 bits per heavy atom. The minimum atomic E-state index is -1.15. The van der Waals surface area contributed by atoms with Gasteiger partial charge in [-0.3, -0.25) is 0 Å². The topological polar surface area (TPSA) is 94.7 Å². The number of methoxy groups -OCH3 is 1. The van der Waals surface area contributed by atoms with Gasteiger partial charge in [-0.25, -0.2) is 9.78 Å². The highest BCUT2D eigenvalue weighted by atomic mass is 16.5. The molecule has 2 rings (SSSR count). The Bertz CT molecular complexity index is 671. The number of rotatable bonds is 5. The Morgan fingerprint density at radius 3 is 2.67 bits per heavy atom. The molecule has 0 aliphatic rings. The minimum absolute atomic E-state index is 0.0393. The molecule has 0 aliphatic carbocycles. The van der Waals surface area contributed by atoms with Gasteiger partial charge in [-0.1, -0.05) is 13.0 Å². The van der Waals surface area contributed by atoms with E-state index in [2.05, 4.69) is 4.98 Å². The highest BCUT2D eigenvalue weighted by Gasteiger charge is 2.13. The van der Waals surface area contributed by atoms with Crippen molar-refractivity contribution in [2.45, 2.75) is 13.3 Å². The number of benzene rings is 1. The molecule has 0 atom stereocenters. The SMILES string of the molecule is CCc1ccc(Oc2nc(C(=O)O)ccc2N)c(OC)c1. The number of pyridine rings is 1. The quantitative estimate of drug-likeness (QED) is 0.878. The van der Waals surface area contributed by atoms with Crippen LogP contribution < -0.4 is 15.2 Å². The summed E-state index contributed by atoms with van der Waals surface area (Å²) in [6.07, 6.45) is 0.867. The maximum Gasteiger partial charge on any atom is 0.354 e. The second kappa shape index (κ2) is 6.13. The van der Waals surface area contributed by atoms with Crippen molar-refractivity contribution >= 4 is 11.7 Å². The number of nitrogens with two attached hydrogens (primary N) is 1. The fourth-order valence-corrected chi connectivity index (χ4v) is 1.77. The van der Waals surface area contributed by atoms with Crippen LogP contribution in [0.5, 0.6) is 17.4 Å². The molecular weight excluding hydrogens is 272 g/mol. The number of anilines is 1. The van der Waals surface area contributed by atoms with Gasteiger partial charge in [0.25, 0.3) is 0 Å². The molecule has 1 heterocycles. The van der Waals surface area contributed by atoms with Gasteiger partial charge in [0.15, 0.2) is 17.2 Å². The third kappa shape index (κ3) is 3.22. The molecule has 0 aliphatic heterocycles. The molecule has 0 spiro atoms. The summed E-state index contributed by atoms with van der Waals surface area (Å²) in [5, 5.41) is 8.95. The highest BCUT2D eigenvalue weighted by molar-refractivity contribution is 5.86. The van der Waals surface area contributed by atoms with E-state index in [-0.39, 0.29) is 17.3 Å². The fourth-order valence-electron chi connectivity index (χ4n) is 1.77. The Labute approximate surface area is 122 Å². The van der Waals surface area contributed by atoms with Crippen LogP contribution in [0.4, 0.5) is 5.69 Å². The molecule has 0 saturated heterocycles. The van der Waals surface area contributed by atoms with E-state index in [1.807, 2.05) is 19.1 Å². The van der Waals surface area contributed by atoms with Crippen LogP contribution in [-0.4, -0.2) is 23.2 Å². The van der Waals surface area contributed by atoms with Crippen LogP contribution in [0.25, 0.3) is 0 Å². The summed E-state index contributed by atoms with van der Waals surface area (Å²) >= 11 is 0. The van der Waals surface area contributed by atoms with Crippen LogP contribution in [0, 0.1) is 0 Å². The summed E-state index contributed by atoms with van der Waals surface area (Å²) < 4.78 is 10.9. The maximum absolute atomic E-state index is 10.9. The molecule has 110 valence electrons. The van der Waals surface area contributed by atoms with E-state index in [0.717, 1.165) is 12.0 Å². The monoisotopic (exact) mass is 288 g/mol. The van der Waals surface area contributed by atoms with Crippen molar-refractivity contribution in [3.05, 3.63) is 41.6 Å². The Hall–Kier alpha value is -2.76. The third-order valence-electron chi connectivity index (χ3n) is 2.95. The number of carbonyl (C=O) groups is 1. The second-order valence-corrected chi connectivity index (χ2v) is 4.34. The lowest BCUT2D eigenvalue weighted by Crippen LogP contribution is -2.04. The largest absolute Gasteiger partial charge is 0.493 e. The first-order valence-electron chi connectivity index (χ1n) is 6.39. The van der Waals surface area contributed by atoms with Gasteiger partial charge in [0, 0.05) is 0 Å². The molecule has 21 heavy (non-hydrogen) atoms. The van der Waals surface area contributed by atoms with Crippen molar-refractivity contribution in [1.82, 2.24) is 4.98 Å². The van der Waals surface area contributed by atoms with Crippen molar-refractivity contribution < 1.29 is 19.4 Å². The number of hydrogen-bond donors (Lipinski definition) is 2. The average molecular weight is 288 g/mol. The van der Waals surface area contributed by atoms with Crippen molar-refractivity contribution in [1.29, 1.82) is 0 Å². The van der Waals surface area contributed by atoms with Gasteiger partial charge >= 0.3 is 5.97 Å². The summed E-state index contributed by atoms with van der Waals surface area (Å²) in [6, 6.07) is 8.26. The number of aromatic carboxylic acids is 1. The number of carboxylic acids is 1. The molecule has 0 bridgehead atoms. The van der Waals surface area contributed by atoms with Crippen LogP contribution in [0.3, 0.4) is 0 Å². The van der Waals surface area contributed by atoms with E-state index in [1.165, 1.54) is 19.2 Å². The highest BCUT2D eigenvalue weighted by Crippen LogP contribution is 2.33. The molecule has 6 nitrogen and oxygen atoms in total. The first-order valence-corrected chi connectivity index (χ1v) is 6.39. The molecule has 6 heteroatoms. The zero-order chi connectivity index (χ0) is 15.4. The third-order valence-corrected chi connectivity index (χ3v) is 2.95. The minimum Gasteiger partial charge on any atom is -0.493 e. The molecule has 0 radical (unpaired) electrons. The van der Waals surface area contributed by atoms with Gasteiger partial charge in [-0.05, 0) is 36.2 Å². The summed E-state index contributed by atoms with van der Waals surface area (Å²) in [5.41, 5.74) is 6.98. The van der Waals surface area contributed by atoms with Crippen molar-refractivity contribution in [2.75, 3.05) is 12.8 Å². The van der Waals surface area contributed by atoms with E-state index >= 15 is 0 Å². The number of ether oxygens (including phenoxy) is 2. The maximum atomic E-state index is 10.9. The van der Waals surface area contributed by atoms with Crippen LogP contribution >= 0.6 is 0 Å². The average Bonchev–Trinajstić information content (AvgIpc) is 2.49. The smallest absolute Gasteiger partial charge is 0.354 e. The lowest BCUT2D eigenvalue weighted by atomic mass is 10.1. The van der Waals surface area contributed by atoms with Crippen molar-refractivity contribution in [2.24, 2.45) is 0 Å². The van der Waals surface area contributed by atoms with Crippen LogP contribution in [-0.2, 0) is 6.42 Å². The molecule has 0 fully saturated rings. The first-order chi connectivity index (χ1) is 10.0. The summed E-state index contributed by atoms with van der Waals surface area (Å²) in [6.45, 7) is 2.03. The molecule has 3 N–H and O–H groups in total. The molecule has 1 aromatic heterocycles. The van der Waals surface area contributed by atoms with E-state index in [1.54, 1.807) is 6.07 Å². The molecule has 0 unspecified atom stereocenters. The number of aromatic nitrogens is 1. The zero-order valence-corrected chi connectivity index (χ0v) is 11.8. The molecule has 0 saturated carbocycles. The number of hydrogen-bond acceptors (Lipinski definition) is 5. The van der Waals surface area contributed by atoms with Crippen molar-refractivity contribution in [3.8, 4) is 17.4 Å². The van der Waals surface area contributed by atoms with Crippen LogP contribution in [0.15, 0.2) is 30.3 Å². The Kier molecular flexibility index (Phi) is 4.27. The van der Waals surface area contributed by atoms with Gasteiger partial charge in [0.2, 0.25) is 5.88 Å². The van der Waals surface area contributed by atoms with Gasteiger partial charge in [0.1, 0.15) is 0 Å². The second-order valence-electron chi connectivity index (χ2n) is 4.34. The van der Waals surface area contributed by atoms with Crippen LogP contribution in [0.2, 0.25) is 0 Å². The standard InChI is InChI=1S/C15H16N2O4/c1-3-9-4-7-12(13(8-9)20-2)21-14-10(16)5-6-11(17-14)15(18)19/h4-8H,3,16H2,1-2H3,(H,18,19). The number of aryl methyl sites for hydroxylation is 1. The number of carboxylic acid groups (broad SMARTS) is 1. The number of nitrogens with zero attached hydrogens (tertiary/aromatic N) is 1. The predicted molar refractivity (Wildman–Crippen MR) is 78.1 cm³/mol. The molecule has 1 aromatic carbocycles. The molecular formula is C15H16N2O4. The molecule has 2 aromatic rings. The van der Waals surface area contributed by atoms with E-state index in [9.17, 15) is 4.79 Å². The van der Waals surface area contributed by atoms with E-state index in [0.29, 0.717) is 11.5 Å². The Balaban J connectivity index is 2.37. The predicted octanol–water partition coefficient (Wildman–Crippen LogP) is 2.73. The van der Waals surface area contributed by atoms with E-state index < -0.39 is 5.97 Å². The lowest BCUT2D eigenvalue weighted by Gasteiger charge is -2.12. The van der Waals surface area contributed by atoms with Gasteiger partial charge < -0.3 is 20.3 Å². The summed E-state index contributed by atoms with van der Waals surface area (Å²) in [5.74, 6) is -0.140. The van der Waals surface area contributed by atoms with Gasteiger partial charge in [0.05, 0.1) is 12.8 Å². The summed E-state index contributed by atoms with van der Waals surface area (Å²) in [4.78, 5) is 14.8. The van der Waals surface area contributed by atoms with Gasteiger partial charge in [-0.2, -0.15) is 0 Å². The number of nitrogen functional groups attached to an aromatic ring is 1. The fraction of sp³-hybridized carbons (Fsp3) is 0.200. The van der Waals surface area contributed by atoms with Gasteiger partial charge in [-0.15, -0.1) is 0 Å². The summed E-state index contributed by atoms with van der Waals surface area (Å²) in [7, 11) is 1.53. The van der Waals surface area contributed by atoms with E-state index in [4.69, 9.17) is 20.3 Å². The first kappa shape index (κ1) is 14.6. The molecule has 0 amide bonds. The van der Waals surface area contributed by atoms with Crippen molar-refractivity contribution in [3.63, 3.8) is 0 Å². The Morgan fingerprint density at radius 2 is 2.05 bits per heavy atom.